The first-order valence-electron chi connectivity index (χ1n) is 20.5. The number of halogens is 2. The average molecular weight is 991 g/mol. The van der Waals surface area contributed by atoms with Crippen LogP contribution in [-0.4, -0.2) is 28.9 Å². The molecule has 0 fully saturated rings. The molecule has 0 aliphatic heterocycles. The van der Waals surface area contributed by atoms with E-state index in [1.54, 1.807) is 34.8 Å². The summed E-state index contributed by atoms with van der Waals surface area (Å²) in [6, 6.07) is 35.8. The molecule has 0 aliphatic rings. The van der Waals surface area contributed by atoms with Gasteiger partial charge in [0.1, 0.15) is 11.5 Å². The number of carbonyl (C=O) groups is 3. The molecule has 2 heterocycles. The van der Waals surface area contributed by atoms with Gasteiger partial charge in [0.05, 0.1) is 8.95 Å². The Hall–Kier alpha value is -4.87. The topological polar surface area (TPSA) is 89.9 Å². The van der Waals surface area contributed by atoms with Gasteiger partial charge in [0, 0.05) is 43.1 Å². The predicted octanol–water partition coefficient (Wildman–Crippen LogP) is 16.2. The summed E-state index contributed by atoms with van der Waals surface area (Å²) in [6.45, 7) is 12.9. The van der Waals surface area contributed by atoms with Gasteiger partial charge in [-0.25, -0.2) is 4.79 Å². The third-order valence-electron chi connectivity index (χ3n) is 11.0. The fraction of sp³-hybridized carbons (Fsp3) is 0.250. The maximum Gasteiger partial charge on any atom is 0.387 e. The molecule has 1 N–H and O–H groups in total. The minimum Gasteiger partial charge on any atom is -0.476 e. The van der Waals surface area contributed by atoms with E-state index in [0.29, 0.717) is 33.3 Å². The Bertz CT molecular complexity index is 2860. The molecule has 6 aromatic carbocycles. The maximum absolute atomic E-state index is 12.9. The van der Waals surface area contributed by atoms with Crippen LogP contribution in [0.15, 0.2) is 118 Å². The predicted molar refractivity (Wildman–Crippen MR) is 264 cm³/mol. The molecular weight excluding hydrogens is 945 g/mol. The number of carboxylic acids is 1. The number of ether oxygens (including phenoxy) is 2. The van der Waals surface area contributed by atoms with Crippen LogP contribution >= 0.6 is 54.5 Å². The summed E-state index contributed by atoms with van der Waals surface area (Å²) in [5.41, 5.74) is 3.78. The molecule has 62 heavy (non-hydrogen) atoms. The highest BCUT2D eigenvalue weighted by Crippen LogP contribution is 2.42. The molecule has 0 atom stereocenters. The van der Waals surface area contributed by atoms with Crippen molar-refractivity contribution in [2.24, 2.45) is 10.8 Å². The Morgan fingerprint density at radius 3 is 1.34 bits per heavy atom. The molecule has 8 aromatic rings. The Morgan fingerprint density at radius 1 is 0.548 bits per heavy atom. The maximum atomic E-state index is 12.9. The molecule has 2 aromatic heterocycles. The van der Waals surface area contributed by atoms with Crippen LogP contribution in [-0.2, 0) is 4.79 Å². The van der Waals surface area contributed by atoms with E-state index >= 15 is 0 Å². The first-order valence-corrected chi connectivity index (χ1v) is 23.8. The Labute approximate surface area is 386 Å². The van der Waals surface area contributed by atoms with Crippen LogP contribution in [0.3, 0.4) is 0 Å². The van der Waals surface area contributed by atoms with Crippen molar-refractivity contribution in [1.82, 2.24) is 0 Å². The molecule has 0 radical (unpaired) electrons. The van der Waals surface area contributed by atoms with Gasteiger partial charge in [-0.3, -0.25) is 9.59 Å². The molecule has 316 valence electrons. The highest BCUT2D eigenvalue weighted by molar-refractivity contribution is 9.11. The minimum atomic E-state index is -1.64. The summed E-state index contributed by atoms with van der Waals surface area (Å²) >= 11 is 10.7. The Balaban J connectivity index is 0.977. The van der Waals surface area contributed by atoms with E-state index in [0.717, 1.165) is 86.6 Å². The lowest BCUT2D eigenvalue weighted by Gasteiger charge is -2.19. The zero-order valence-electron chi connectivity index (χ0n) is 35.4. The first kappa shape index (κ1) is 43.8. The molecule has 0 amide bonds. The van der Waals surface area contributed by atoms with Crippen LogP contribution in [0.5, 0.6) is 11.5 Å². The number of aliphatic carboxylic acids is 1. The largest absolute Gasteiger partial charge is 0.476 e. The van der Waals surface area contributed by atoms with Crippen molar-refractivity contribution >= 4 is 114 Å². The molecule has 6 nitrogen and oxygen atoms in total. The van der Waals surface area contributed by atoms with Crippen molar-refractivity contribution < 1.29 is 29.0 Å². The number of fused-ring (bicyclic) bond motifs is 4. The molecule has 0 saturated heterocycles. The molecule has 0 spiro atoms. The molecule has 0 saturated carbocycles. The van der Waals surface area contributed by atoms with Gasteiger partial charge in [0.2, 0.25) is 0 Å². The molecule has 0 aliphatic carbocycles. The summed E-state index contributed by atoms with van der Waals surface area (Å²) in [4.78, 5) is 40.6. The van der Waals surface area contributed by atoms with Crippen molar-refractivity contribution in [2.75, 3.05) is 0 Å². The fourth-order valence-electron chi connectivity index (χ4n) is 7.35. The van der Waals surface area contributed by atoms with Crippen molar-refractivity contribution in [3.8, 4) is 32.4 Å². The lowest BCUT2D eigenvalue weighted by Crippen LogP contribution is -2.33. The van der Waals surface area contributed by atoms with Gasteiger partial charge in [-0.15, -0.1) is 22.7 Å². The standard InChI is InChI=1S/C52H46Br2O6S2/c1-51(2,3)21-19-39(55)31-7-9-35-27-45(61-43(35)25-31)33-11-15-37-29(23-33)13-17-41(47(37)53)59-50(49(57)58)60-42-18-14-30-24-34(12-16-38(30)48(42)54)46-28-36-10-8-32(26-44(36)62-46)40(56)20-22-52(4,5)6/h7-18,23-28,50H,19-22H2,1-6H3,(H,57,58). The molecule has 8 rings (SSSR count). The second-order valence-corrected chi connectivity index (χ2v) is 22.0. The van der Waals surface area contributed by atoms with Crippen molar-refractivity contribution in [1.29, 1.82) is 0 Å². The second-order valence-electron chi connectivity index (χ2n) is 18.2. The zero-order chi connectivity index (χ0) is 44.1. The quantitative estimate of drug-likeness (QED) is 0.0914. The summed E-state index contributed by atoms with van der Waals surface area (Å²) in [5.74, 6) is -0.283. The van der Waals surface area contributed by atoms with Crippen LogP contribution < -0.4 is 9.47 Å². The van der Waals surface area contributed by atoms with Crippen LogP contribution in [0.2, 0.25) is 0 Å². The fourth-order valence-corrected chi connectivity index (χ4v) is 10.7. The number of hydrogen-bond acceptors (Lipinski definition) is 7. The van der Waals surface area contributed by atoms with Gasteiger partial charge < -0.3 is 14.6 Å². The normalized spacial score (nSPS) is 12.2. The Kier molecular flexibility index (Phi) is 12.3. The van der Waals surface area contributed by atoms with Gasteiger partial charge in [0.15, 0.2) is 11.6 Å². The van der Waals surface area contributed by atoms with Crippen LogP contribution in [0.4, 0.5) is 0 Å². The lowest BCUT2D eigenvalue weighted by molar-refractivity contribution is -0.158. The average Bonchev–Trinajstić information content (AvgIpc) is 3.87. The number of carbonyl (C=O) groups excluding carboxylic acids is 2. The summed E-state index contributed by atoms with van der Waals surface area (Å²) in [6.07, 6.45) is 1.10. The van der Waals surface area contributed by atoms with E-state index in [2.05, 4.69) is 97.7 Å². The van der Waals surface area contributed by atoms with E-state index in [1.807, 2.05) is 72.8 Å². The summed E-state index contributed by atoms with van der Waals surface area (Å²) < 4.78 is 15.4. The SMILES string of the molecule is CC(C)(C)CCC(=O)c1ccc2cc(-c3ccc4c(Br)c(OC(Oc5ccc6cc(-c7cc8ccc(C(=O)CCC(C)(C)C)cc8s7)ccc6c5Br)C(=O)O)ccc4c3)sc2c1. The number of carboxylic acid groups (broad SMARTS) is 1. The van der Waals surface area contributed by atoms with Crippen molar-refractivity contribution in [3.63, 3.8) is 0 Å². The first-order chi connectivity index (χ1) is 29.4. The number of benzene rings is 6. The molecule has 0 unspecified atom stereocenters. The van der Waals surface area contributed by atoms with Gasteiger partial charge in [-0.1, -0.05) is 102 Å². The summed E-state index contributed by atoms with van der Waals surface area (Å²) in [5, 5.41) is 16.0. The number of hydrogen-bond donors (Lipinski definition) is 1. The third-order valence-corrected chi connectivity index (χ3v) is 14.9. The van der Waals surface area contributed by atoms with E-state index in [4.69, 9.17) is 9.47 Å². The zero-order valence-corrected chi connectivity index (χ0v) is 40.2. The number of thiophene rings is 2. The molecular formula is C52H46Br2O6S2. The van der Waals surface area contributed by atoms with Crippen LogP contribution in [0.1, 0.15) is 87.9 Å². The van der Waals surface area contributed by atoms with Gasteiger partial charge in [-0.05, 0) is 148 Å². The monoisotopic (exact) mass is 988 g/mol. The molecule has 10 heteroatoms. The Morgan fingerprint density at radius 2 is 0.952 bits per heavy atom. The second kappa shape index (κ2) is 17.4. The number of ketones is 2. The third kappa shape index (κ3) is 9.69. The van der Waals surface area contributed by atoms with Gasteiger partial charge >= 0.3 is 12.3 Å². The van der Waals surface area contributed by atoms with E-state index in [9.17, 15) is 19.5 Å². The van der Waals surface area contributed by atoms with Gasteiger partial charge in [0.25, 0.3) is 0 Å². The van der Waals surface area contributed by atoms with E-state index in [1.165, 1.54) is 0 Å². The van der Waals surface area contributed by atoms with Crippen molar-refractivity contribution in [3.05, 3.63) is 129 Å². The van der Waals surface area contributed by atoms with Gasteiger partial charge in [-0.2, -0.15) is 0 Å². The highest BCUT2D eigenvalue weighted by Gasteiger charge is 2.25. The van der Waals surface area contributed by atoms with Crippen LogP contribution in [0.25, 0.3) is 62.6 Å². The minimum absolute atomic E-state index is 0.105. The summed E-state index contributed by atoms with van der Waals surface area (Å²) in [7, 11) is 0. The van der Waals surface area contributed by atoms with Crippen LogP contribution in [0, 0.1) is 10.8 Å². The highest BCUT2D eigenvalue weighted by atomic mass is 79.9. The number of Topliss-reactive ketones (excluding diaryl/α,β-unsaturated/α-hetero) is 2. The lowest BCUT2D eigenvalue weighted by atomic mass is 9.88. The number of rotatable bonds is 13. The van der Waals surface area contributed by atoms with Crippen molar-refractivity contribution in [2.45, 2.75) is 73.5 Å². The smallest absolute Gasteiger partial charge is 0.387 e. The van der Waals surface area contributed by atoms with E-state index in [-0.39, 0.29) is 22.4 Å². The van der Waals surface area contributed by atoms with E-state index < -0.39 is 12.3 Å². The molecule has 0 bridgehead atoms.